The normalized spacial score (nSPS) is 20.3. The molecular formula is C18H18ClF2N3O. The largest absolute Gasteiger partial charge is 0.364 e. The van der Waals surface area contributed by atoms with Crippen LogP contribution in [0.3, 0.4) is 0 Å². The fourth-order valence-corrected chi connectivity index (χ4v) is 3.54. The van der Waals surface area contributed by atoms with Crippen molar-refractivity contribution in [2.45, 2.75) is 32.5 Å². The molecule has 0 aliphatic carbocycles. The predicted octanol–water partition coefficient (Wildman–Crippen LogP) is 3.33. The van der Waals surface area contributed by atoms with Crippen LogP contribution in [0.1, 0.15) is 19.0 Å². The molecule has 0 bridgehead atoms. The number of rotatable bonds is 2. The van der Waals surface area contributed by atoms with Gasteiger partial charge in [-0.3, -0.25) is 4.79 Å². The number of fused-ring (bicyclic) bond motifs is 1. The number of amides is 1. The molecule has 0 radical (unpaired) electrons. The number of H-pyrrole nitrogens is 1. The summed E-state index contributed by atoms with van der Waals surface area (Å²) >= 11 is 6.33. The van der Waals surface area contributed by atoms with Crippen molar-refractivity contribution in [3.05, 3.63) is 28.7 Å². The summed E-state index contributed by atoms with van der Waals surface area (Å²) in [5, 5.41) is 3.63. The highest BCUT2D eigenvalue weighted by Crippen LogP contribution is 2.38. The van der Waals surface area contributed by atoms with Crippen molar-refractivity contribution in [2.24, 2.45) is 0 Å². The first kappa shape index (κ1) is 17.6. The molecule has 4 nitrogen and oxygen atoms in total. The molecule has 1 aliphatic rings. The van der Waals surface area contributed by atoms with Crippen molar-refractivity contribution < 1.29 is 13.6 Å². The van der Waals surface area contributed by atoms with Gasteiger partial charge in [-0.2, -0.15) is 0 Å². The summed E-state index contributed by atoms with van der Waals surface area (Å²) in [5.41, 5.74) is 1.67. The highest BCUT2D eigenvalue weighted by Gasteiger charge is 2.31. The number of hydrogen-bond acceptors (Lipinski definition) is 2. The van der Waals surface area contributed by atoms with Gasteiger partial charge in [0.05, 0.1) is 16.8 Å². The maximum Gasteiger partial charge on any atom is 0.296 e. The molecule has 1 aliphatic heterocycles. The molecule has 2 aromatic rings. The molecule has 0 spiro atoms. The molecule has 1 saturated heterocycles. The van der Waals surface area contributed by atoms with Crippen molar-refractivity contribution in [1.82, 2.24) is 10.3 Å². The number of aryl methyl sites for hydroxylation is 1. The molecule has 0 saturated carbocycles. The Morgan fingerprint density at radius 3 is 2.92 bits per heavy atom. The first-order valence-electron chi connectivity index (χ1n) is 7.99. The minimum atomic E-state index is -1.19. The quantitative estimate of drug-likeness (QED) is 0.802. The second-order valence-electron chi connectivity index (χ2n) is 6.17. The van der Waals surface area contributed by atoms with Crippen LogP contribution in [-0.2, 0) is 4.79 Å². The van der Waals surface area contributed by atoms with Crippen LogP contribution < -0.4 is 10.2 Å². The molecule has 132 valence electrons. The second-order valence-corrected chi connectivity index (χ2v) is 6.54. The SMILES string of the molecule is CC#CC(=O)N[C@H]1C[C@H](F)CN(c2c(F)ccc3[nH]c(C)c(Cl)c23)C1. The van der Waals surface area contributed by atoms with Crippen LogP contribution in [0.5, 0.6) is 0 Å². The Hall–Kier alpha value is -2.26. The van der Waals surface area contributed by atoms with Gasteiger partial charge in [0.25, 0.3) is 5.91 Å². The highest BCUT2D eigenvalue weighted by molar-refractivity contribution is 6.37. The number of benzene rings is 1. The van der Waals surface area contributed by atoms with Crippen LogP contribution in [0.15, 0.2) is 12.1 Å². The van der Waals surface area contributed by atoms with Gasteiger partial charge in [0.1, 0.15) is 12.0 Å². The molecular weight excluding hydrogens is 348 g/mol. The molecule has 2 heterocycles. The van der Waals surface area contributed by atoms with Crippen molar-refractivity contribution in [3.8, 4) is 11.8 Å². The number of anilines is 1. The number of hydrogen-bond donors (Lipinski definition) is 2. The average Bonchev–Trinajstić information content (AvgIpc) is 2.82. The zero-order valence-corrected chi connectivity index (χ0v) is 14.7. The van der Waals surface area contributed by atoms with Gasteiger partial charge >= 0.3 is 0 Å². The predicted molar refractivity (Wildman–Crippen MR) is 95.1 cm³/mol. The maximum atomic E-state index is 14.6. The first-order valence-corrected chi connectivity index (χ1v) is 8.37. The average molecular weight is 366 g/mol. The summed E-state index contributed by atoms with van der Waals surface area (Å²) in [6, 6.07) is 2.49. The fourth-order valence-electron chi connectivity index (χ4n) is 3.31. The van der Waals surface area contributed by atoms with Gasteiger partial charge in [0.15, 0.2) is 0 Å². The molecule has 0 unspecified atom stereocenters. The monoisotopic (exact) mass is 365 g/mol. The molecule has 2 atom stereocenters. The zero-order valence-electron chi connectivity index (χ0n) is 13.9. The summed E-state index contributed by atoms with van der Waals surface area (Å²) < 4.78 is 28.8. The Kier molecular flexibility index (Phi) is 4.87. The van der Waals surface area contributed by atoms with E-state index in [4.69, 9.17) is 11.6 Å². The van der Waals surface area contributed by atoms with Crippen molar-refractivity contribution in [3.63, 3.8) is 0 Å². The third kappa shape index (κ3) is 3.42. The lowest BCUT2D eigenvalue weighted by molar-refractivity contribution is -0.116. The third-order valence-corrected chi connectivity index (χ3v) is 4.76. The van der Waals surface area contributed by atoms with E-state index >= 15 is 0 Å². The van der Waals surface area contributed by atoms with Gasteiger partial charge in [0.2, 0.25) is 0 Å². The van der Waals surface area contributed by atoms with E-state index in [-0.39, 0.29) is 25.2 Å². The number of alkyl halides is 1. The van der Waals surface area contributed by atoms with E-state index in [1.165, 1.54) is 6.07 Å². The van der Waals surface area contributed by atoms with E-state index in [1.54, 1.807) is 24.8 Å². The molecule has 2 N–H and O–H groups in total. The molecule has 1 amide bonds. The standard InChI is InChI=1S/C18H18ClF2N3O/c1-3-4-15(25)23-12-7-11(20)8-24(9-12)18-13(21)5-6-14-16(18)17(19)10(2)22-14/h5-6,11-12,22H,7-9H2,1-2H3,(H,23,25)/t11-,12-/m0/s1. The molecule has 7 heteroatoms. The molecule has 1 aromatic carbocycles. The van der Waals surface area contributed by atoms with Gasteiger partial charge in [-0.15, -0.1) is 0 Å². The van der Waals surface area contributed by atoms with Crippen molar-refractivity contribution >= 4 is 34.1 Å². The van der Waals surface area contributed by atoms with Crippen molar-refractivity contribution in [1.29, 1.82) is 0 Å². The number of aromatic nitrogens is 1. The van der Waals surface area contributed by atoms with E-state index in [1.807, 2.05) is 0 Å². The second kappa shape index (κ2) is 6.93. The van der Waals surface area contributed by atoms with E-state index in [0.29, 0.717) is 15.9 Å². The molecule has 25 heavy (non-hydrogen) atoms. The number of nitrogens with one attached hydrogen (secondary N) is 2. The summed E-state index contributed by atoms with van der Waals surface area (Å²) in [6.07, 6.45) is -1.02. The van der Waals surface area contributed by atoms with Crippen LogP contribution in [0, 0.1) is 24.6 Å². The lowest BCUT2D eigenvalue weighted by Crippen LogP contribution is -2.51. The summed E-state index contributed by atoms with van der Waals surface area (Å²) in [7, 11) is 0. The third-order valence-electron chi connectivity index (χ3n) is 4.29. The first-order chi connectivity index (χ1) is 11.9. The summed E-state index contributed by atoms with van der Waals surface area (Å²) in [6.45, 7) is 3.68. The smallest absolute Gasteiger partial charge is 0.296 e. The number of aromatic amines is 1. The Morgan fingerprint density at radius 2 is 2.20 bits per heavy atom. The molecule has 1 aromatic heterocycles. The Balaban J connectivity index is 1.97. The Morgan fingerprint density at radius 1 is 1.44 bits per heavy atom. The topological polar surface area (TPSA) is 48.1 Å². The van der Waals surface area contributed by atoms with E-state index in [0.717, 1.165) is 5.69 Å². The zero-order chi connectivity index (χ0) is 18.1. The number of piperidine rings is 1. The van der Waals surface area contributed by atoms with Crippen LogP contribution >= 0.6 is 11.6 Å². The van der Waals surface area contributed by atoms with Gasteiger partial charge in [-0.05, 0) is 31.9 Å². The highest BCUT2D eigenvalue weighted by atomic mass is 35.5. The van der Waals surface area contributed by atoms with Crippen molar-refractivity contribution in [2.75, 3.05) is 18.0 Å². The van der Waals surface area contributed by atoms with Crippen LogP contribution in [0.4, 0.5) is 14.5 Å². The lowest BCUT2D eigenvalue weighted by Gasteiger charge is -2.36. The van der Waals surface area contributed by atoms with Gasteiger partial charge in [-0.1, -0.05) is 17.5 Å². The number of carbonyl (C=O) groups is 1. The number of carbonyl (C=O) groups excluding carboxylic acids is 1. The summed E-state index contributed by atoms with van der Waals surface area (Å²) in [4.78, 5) is 16.4. The summed E-state index contributed by atoms with van der Waals surface area (Å²) in [5.74, 6) is 3.94. The molecule has 3 rings (SSSR count). The Labute approximate surface area is 149 Å². The Bertz CT molecular complexity index is 884. The van der Waals surface area contributed by atoms with Crippen LogP contribution in [0.25, 0.3) is 10.9 Å². The van der Waals surface area contributed by atoms with Gasteiger partial charge in [0, 0.05) is 36.1 Å². The van der Waals surface area contributed by atoms with Crippen LogP contribution in [0.2, 0.25) is 5.02 Å². The molecule has 1 fully saturated rings. The van der Waals surface area contributed by atoms with Gasteiger partial charge < -0.3 is 15.2 Å². The lowest BCUT2D eigenvalue weighted by atomic mass is 10.0. The minimum absolute atomic E-state index is 0.0441. The van der Waals surface area contributed by atoms with E-state index in [9.17, 15) is 13.6 Å². The number of nitrogens with zero attached hydrogens (tertiary/aromatic N) is 1. The van der Waals surface area contributed by atoms with Crippen LogP contribution in [-0.4, -0.2) is 36.2 Å². The minimum Gasteiger partial charge on any atom is -0.364 e. The van der Waals surface area contributed by atoms with E-state index in [2.05, 4.69) is 22.1 Å². The number of halogens is 3. The maximum absolute atomic E-state index is 14.6. The van der Waals surface area contributed by atoms with Gasteiger partial charge in [-0.25, -0.2) is 8.78 Å². The van der Waals surface area contributed by atoms with E-state index < -0.39 is 23.9 Å². The fraction of sp³-hybridized carbons (Fsp3) is 0.389.